The van der Waals surface area contributed by atoms with E-state index < -0.39 is 0 Å². The van der Waals surface area contributed by atoms with Crippen LogP contribution in [0.1, 0.15) is 22.2 Å². The number of nitrogens with one attached hydrogen (secondary N) is 1. The summed E-state index contributed by atoms with van der Waals surface area (Å²) in [5.74, 6) is 0.936. The Labute approximate surface area is 109 Å². The van der Waals surface area contributed by atoms with E-state index in [1.165, 1.54) is 0 Å². The number of nitrogens with zero attached hydrogens (tertiary/aromatic N) is 1. The molecular weight excluding hydrogens is 244 g/mol. The monoisotopic (exact) mass is 258 g/mol. The maximum Gasteiger partial charge on any atom is 0.137 e. The highest BCUT2D eigenvalue weighted by Crippen LogP contribution is 2.30. The minimum atomic E-state index is 0.0734. The topological polar surface area (TPSA) is 38.1 Å². The zero-order valence-corrected chi connectivity index (χ0v) is 11.1. The van der Waals surface area contributed by atoms with Gasteiger partial charge in [-0.1, -0.05) is 18.2 Å². The van der Waals surface area contributed by atoms with Crippen molar-refractivity contribution in [3.63, 3.8) is 0 Å². The molecule has 0 saturated heterocycles. The number of hydrogen-bond acceptors (Lipinski definition) is 4. The number of thiazole rings is 1. The van der Waals surface area contributed by atoms with Gasteiger partial charge in [-0.05, 0) is 25.6 Å². The second-order valence-corrected chi connectivity index (χ2v) is 5.19. The van der Waals surface area contributed by atoms with E-state index in [-0.39, 0.29) is 6.04 Å². The third-order valence-corrected chi connectivity index (χ3v) is 3.91. The van der Waals surface area contributed by atoms with Gasteiger partial charge in [-0.3, -0.25) is 4.98 Å². The van der Waals surface area contributed by atoms with E-state index in [9.17, 15) is 0 Å². The van der Waals surface area contributed by atoms with Gasteiger partial charge in [0.15, 0.2) is 0 Å². The molecule has 0 aliphatic heterocycles. The van der Waals surface area contributed by atoms with E-state index >= 15 is 0 Å². The van der Waals surface area contributed by atoms with Crippen molar-refractivity contribution in [2.75, 3.05) is 7.05 Å². The second kappa shape index (κ2) is 4.55. The fourth-order valence-electron chi connectivity index (χ4n) is 2.16. The number of fused-ring (bicyclic) bond motifs is 1. The first-order valence-electron chi connectivity index (χ1n) is 5.84. The van der Waals surface area contributed by atoms with Crippen LogP contribution in [0.4, 0.5) is 0 Å². The van der Waals surface area contributed by atoms with Gasteiger partial charge in [0, 0.05) is 16.5 Å². The van der Waals surface area contributed by atoms with E-state index in [0.717, 1.165) is 27.2 Å². The Balaban J connectivity index is 2.11. The van der Waals surface area contributed by atoms with Crippen molar-refractivity contribution in [2.45, 2.75) is 13.0 Å². The molecule has 0 aliphatic rings. The van der Waals surface area contributed by atoms with Crippen molar-refractivity contribution in [3.05, 3.63) is 52.2 Å². The lowest BCUT2D eigenvalue weighted by Gasteiger charge is -2.10. The number of aryl methyl sites for hydroxylation is 1. The van der Waals surface area contributed by atoms with E-state index in [1.54, 1.807) is 11.3 Å². The van der Waals surface area contributed by atoms with Crippen LogP contribution in [-0.4, -0.2) is 12.0 Å². The summed E-state index contributed by atoms with van der Waals surface area (Å²) in [5, 5.41) is 4.43. The zero-order chi connectivity index (χ0) is 12.5. The minimum Gasteiger partial charge on any atom is -0.459 e. The maximum atomic E-state index is 5.99. The quantitative estimate of drug-likeness (QED) is 0.781. The van der Waals surface area contributed by atoms with Crippen LogP contribution in [-0.2, 0) is 0 Å². The standard InChI is InChI=1S/C14H14N2OS/c1-9-4-3-5-10-6-11(17-14(9)10)13(15-2)12-7-16-8-18-12/h3-8,13,15H,1-2H3. The SMILES string of the molecule is CNC(c1cc2cccc(C)c2o1)c1cncs1. The summed E-state index contributed by atoms with van der Waals surface area (Å²) in [6.45, 7) is 2.07. The molecule has 2 aromatic heterocycles. The highest BCUT2D eigenvalue weighted by Gasteiger charge is 2.18. The van der Waals surface area contributed by atoms with Gasteiger partial charge in [0.2, 0.25) is 0 Å². The first kappa shape index (κ1) is 11.4. The molecule has 3 aromatic rings. The molecule has 0 bridgehead atoms. The molecule has 2 heterocycles. The summed E-state index contributed by atoms with van der Waals surface area (Å²) in [6.07, 6.45) is 1.88. The predicted octanol–water partition coefficient (Wildman–Crippen LogP) is 3.51. The highest BCUT2D eigenvalue weighted by molar-refractivity contribution is 7.09. The Morgan fingerprint density at radius 1 is 1.39 bits per heavy atom. The molecule has 0 spiro atoms. The van der Waals surface area contributed by atoms with Crippen LogP contribution in [0.15, 0.2) is 40.4 Å². The Hall–Kier alpha value is -1.65. The van der Waals surface area contributed by atoms with Crippen LogP contribution in [0.2, 0.25) is 0 Å². The molecule has 0 saturated carbocycles. The molecule has 18 heavy (non-hydrogen) atoms. The molecular formula is C14H14N2OS. The Morgan fingerprint density at radius 2 is 2.28 bits per heavy atom. The summed E-state index contributed by atoms with van der Waals surface area (Å²) in [5.41, 5.74) is 3.98. The Morgan fingerprint density at radius 3 is 2.94 bits per heavy atom. The number of rotatable bonds is 3. The van der Waals surface area contributed by atoms with Gasteiger partial charge < -0.3 is 9.73 Å². The summed E-state index contributed by atoms with van der Waals surface area (Å²) in [6, 6.07) is 8.37. The Kier molecular flexibility index (Phi) is 2.89. The van der Waals surface area contributed by atoms with Crippen LogP contribution in [0.25, 0.3) is 11.0 Å². The highest BCUT2D eigenvalue weighted by atomic mass is 32.1. The zero-order valence-electron chi connectivity index (χ0n) is 10.3. The molecule has 0 fully saturated rings. The van der Waals surface area contributed by atoms with Crippen molar-refractivity contribution >= 4 is 22.3 Å². The van der Waals surface area contributed by atoms with Crippen LogP contribution in [0, 0.1) is 6.92 Å². The van der Waals surface area contributed by atoms with Crippen molar-refractivity contribution in [1.82, 2.24) is 10.3 Å². The number of aromatic nitrogens is 1. The number of para-hydroxylation sites is 1. The molecule has 1 aromatic carbocycles. The molecule has 0 aliphatic carbocycles. The minimum absolute atomic E-state index is 0.0734. The van der Waals surface area contributed by atoms with E-state index in [0.29, 0.717) is 0 Å². The Bertz CT molecular complexity index is 658. The summed E-state index contributed by atoms with van der Waals surface area (Å²) < 4.78 is 5.99. The lowest BCUT2D eigenvalue weighted by molar-refractivity contribution is 0.494. The molecule has 1 atom stereocenters. The van der Waals surface area contributed by atoms with Gasteiger partial charge in [0.25, 0.3) is 0 Å². The summed E-state index contributed by atoms with van der Waals surface area (Å²) in [4.78, 5) is 5.29. The van der Waals surface area contributed by atoms with E-state index in [4.69, 9.17) is 4.42 Å². The molecule has 1 N–H and O–H groups in total. The molecule has 4 heteroatoms. The lowest BCUT2D eigenvalue weighted by Crippen LogP contribution is -2.15. The molecule has 3 nitrogen and oxygen atoms in total. The molecule has 0 amide bonds. The molecule has 1 unspecified atom stereocenters. The first-order valence-corrected chi connectivity index (χ1v) is 6.72. The molecule has 0 radical (unpaired) electrons. The average Bonchev–Trinajstić information content (AvgIpc) is 3.00. The van der Waals surface area contributed by atoms with Crippen molar-refractivity contribution in [1.29, 1.82) is 0 Å². The normalized spacial score (nSPS) is 13.0. The molecule has 92 valence electrons. The van der Waals surface area contributed by atoms with Crippen LogP contribution < -0.4 is 5.32 Å². The van der Waals surface area contributed by atoms with Crippen molar-refractivity contribution in [2.24, 2.45) is 0 Å². The van der Waals surface area contributed by atoms with Crippen LogP contribution >= 0.6 is 11.3 Å². The third-order valence-electron chi connectivity index (χ3n) is 3.07. The van der Waals surface area contributed by atoms with Gasteiger partial charge in [-0.25, -0.2) is 0 Å². The smallest absolute Gasteiger partial charge is 0.137 e. The predicted molar refractivity (Wildman–Crippen MR) is 74.0 cm³/mol. The first-order chi connectivity index (χ1) is 8.79. The fourth-order valence-corrected chi connectivity index (χ4v) is 2.90. The van der Waals surface area contributed by atoms with Crippen molar-refractivity contribution in [3.8, 4) is 0 Å². The second-order valence-electron chi connectivity index (χ2n) is 4.27. The number of benzene rings is 1. The maximum absolute atomic E-state index is 5.99. The summed E-state index contributed by atoms with van der Waals surface area (Å²) >= 11 is 1.63. The third kappa shape index (κ3) is 1.83. The average molecular weight is 258 g/mol. The van der Waals surface area contributed by atoms with Crippen LogP contribution in [0.3, 0.4) is 0 Å². The van der Waals surface area contributed by atoms with Gasteiger partial charge in [-0.15, -0.1) is 11.3 Å². The lowest BCUT2D eigenvalue weighted by atomic mass is 10.1. The summed E-state index contributed by atoms with van der Waals surface area (Å²) in [7, 11) is 1.93. The van der Waals surface area contributed by atoms with Crippen LogP contribution in [0.5, 0.6) is 0 Å². The number of hydrogen-bond donors (Lipinski definition) is 1. The van der Waals surface area contributed by atoms with Gasteiger partial charge in [0.05, 0.1) is 5.51 Å². The molecule has 3 rings (SSSR count). The number of furan rings is 1. The van der Waals surface area contributed by atoms with Gasteiger partial charge in [0.1, 0.15) is 17.4 Å². The van der Waals surface area contributed by atoms with Gasteiger partial charge in [-0.2, -0.15) is 0 Å². The fraction of sp³-hybridized carbons (Fsp3) is 0.214. The van der Waals surface area contributed by atoms with Gasteiger partial charge >= 0.3 is 0 Å². The van der Waals surface area contributed by atoms with E-state index in [2.05, 4.69) is 41.5 Å². The van der Waals surface area contributed by atoms with Crippen molar-refractivity contribution < 1.29 is 4.42 Å². The largest absolute Gasteiger partial charge is 0.459 e. The van der Waals surface area contributed by atoms with E-state index in [1.807, 2.05) is 18.8 Å².